The molecule has 0 radical (unpaired) electrons. The maximum Gasteiger partial charge on any atom is 0.337 e. The molecule has 0 saturated carbocycles. The Morgan fingerprint density at radius 3 is 1.00 bits per heavy atom. The Hall–Kier alpha value is -11.5. The fraction of sp³-hybridized carbons (Fsp3) is 0.0864. The zero-order valence-electron chi connectivity index (χ0n) is 52.3. The number of hydrogen-bond acceptors (Lipinski definition) is 6. The van der Waals surface area contributed by atoms with Crippen LogP contribution in [-0.2, 0) is 12.8 Å². The van der Waals surface area contributed by atoms with Gasteiger partial charge in [0.25, 0.3) is 0 Å². The standard InChI is InChI=1S/C22H20FNO2.C22H18FNO2.C22H20FN.C15H14FN/c2*1-15-2-4-16(5-3-15)6-7-17-8-13-20(22(25)26)21(14-17)24-19-11-9-18(23)10-12-19;1-16-3-6-18(7-4-16)9-10-19-8-5-17(2)22(15-19)24-21-13-11-20(23)12-14-21;1-3-12-5-4-11(2)15(10-12)17-14-8-6-13(16)7-9-14/h2-5,8-14,24H,6-7H2,1H3,(H,25,26);2-14,24H,1H3,(H,25,26);3-15,24H,1-2H3;3-10,17H,1H2,2H3/b;7-6+;10-9+;. The fourth-order valence-corrected chi connectivity index (χ4v) is 9.31. The van der Waals surface area contributed by atoms with Crippen LogP contribution in [0, 0.1) is 57.9 Å². The van der Waals surface area contributed by atoms with Crippen LogP contribution in [0.5, 0.6) is 0 Å². The minimum Gasteiger partial charge on any atom is -0.478 e. The maximum atomic E-state index is 13.1. The Balaban J connectivity index is 0.000000161. The molecule has 0 unspecified atom stereocenters. The number of carboxylic acids is 2. The van der Waals surface area contributed by atoms with Crippen molar-refractivity contribution < 1.29 is 37.4 Å². The van der Waals surface area contributed by atoms with E-state index < -0.39 is 11.9 Å². The molecule has 8 nitrogen and oxygen atoms in total. The van der Waals surface area contributed by atoms with Gasteiger partial charge >= 0.3 is 11.9 Å². The predicted octanol–water partition coefficient (Wildman–Crippen LogP) is 22.0. The van der Waals surface area contributed by atoms with Gasteiger partial charge in [0.1, 0.15) is 23.3 Å². The van der Waals surface area contributed by atoms with Crippen LogP contribution < -0.4 is 21.3 Å². The molecule has 0 aliphatic rings. The number of halogens is 4. The molecular formula is C81H72F4N4O4. The first-order valence-corrected chi connectivity index (χ1v) is 30.0. The summed E-state index contributed by atoms with van der Waals surface area (Å²) in [5.74, 6) is -3.16. The lowest BCUT2D eigenvalue weighted by Gasteiger charge is -2.12. The zero-order chi connectivity index (χ0) is 66.2. The highest BCUT2D eigenvalue weighted by Gasteiger charge is 2.13. The van der Waals surface area contributed by atoms with Gasteiger partial charge in [-0.25, -0.2) is 27.2 Å². The number of carbonyl (C=O) groups is 2. The van der Waals surface area contributed by atoms with Crippen molar-refractivity contribution >= 4 is 87.8 Å². The molecule has 0 spiro atoms. The van der Waals surface area contributed by atoms with Gasteiger partial charge in [0.05, 0.1) is 22.5 Å². The monoisotopic (exact) mass is 1240 g/mol. The van der Waals surface area contributed by atoms with Crippen molar-refractivity contribution in [1.29, 1.82) is 0 Å². The Bertz CT molecular complexity index is 4340. The molecule has 0 aliphatic carbocycles. The number of carboxylic acid groups (broad SMARTS) is 2. The summed E-state index contributed by atoms with van der Waals surface area (Å²) in [5, 5.41) is 31.5. The normalized spacial score (nSPS) is 10.6. The number of benzene rings is 11. The minimum absolute atomic E-state index is 0.154. The van der Waals surface area contributed by atoms with Crippen molar-refractivity contribution in [2.45, 2.75) is 47.5 Å². The molecule has 0 amide bonds. The minimum atomic E-state index is -1.02. The smallest absolute Gasteiger partial charge is 0.337 e. The van der Waals surface area contributed by atoms with Crippen molar-refractivity contribution in [3.05, 3.63) is 350 Å². The van der Waals surface area contributed by atoms with Crippen LogP contribution in [0.4, 0.5) is 63.1 Å². The van der Waals surface area contributed by atoms with E-state index in [9.17, 15) is 37.4 Å². The number of nitrogens with one attached hydrogen (secondary N) is 4. The van der Waals surface area contributed by atoms with Gasteiger partial charge in [0.15, 0.2) is 0 Å². The fourth-order valence-electron chi connectivity index (χ4n) is 9.31. The van der Waals surface area contributed by atoms with E-state index in [-0.39, 0.29) is 34.4 Å². The van der Waals surface area contributed by atoms with Crippen LogP contribution in [0.15, 0.2) is 249 Å². The first-order valence-electron chi connectivity index (χ1n) is 30.0. The average Bonchev–Trinajstić information content (AvgIpc) is 1.18. The van der Waals surface area contributed by atoms with Crippen LogP contribution in [0.1, 0.15) is 87.5 Å². The summed E-state index contributed by atoms with van der Waals surface area (Å²) in [6.07, 6.45) is 11.6. The zero-order valence-corrected chi connectivity index (χ0v) is 52.3. The number of anilines is 8. The molecule has 0 bridgehead atoms. The number of aryl methyl sites for hydroxylation is 7. The van der Waals surface area contributed by atoms with E-state index in [1.54, 1.807) is 78.9 Å². The van der Waals surface area contributed by atoms with Gasteiger partial charge in [-0.05, 0) is 231 Å². The van der Waals surface area contributed by atoms with E-state index in [0.717, 1.165) is 74.5 Å². The summed E-state index contributed by atoms with van der Waals surface area (Å²) in [7, 11) is 0. The topological polar surface area (TPSA) is 123 Å². The quantitative estimate of drug-likeness (QED) is 0.0371. The van der Waals surface area contributed by atoms with Crippen LogP contribution >= 0.6 is 0 Å². The van der Waals surface area contributed by atoms with E-state index in [1.165, 1.54) is 76.3 Å². The molecule has 6 N–H and O–H groups in total. The molecule has 11 aromatic carbocycles. The van der Waals surface area contributed by atoms with Crippen LogP contribution in [0.25, 0.3) is 30.4 Å². The van der Waals surface area contributed by atoms with Crippen molar-refractivity contribution in [3.8, 4) is 0 Å². The molecule has 11 aromatic rings. The van der Waals surface area contributed by atoms with Crippen molar-refractivity contribution in [3.63, 3.8) is 0 Å². The highest BCUT2D eigenvalue weighted by atomic mass is 19.1. The first-order chi connectivity index (χ1) is 44.8. The molecule has 0 heterocycles. The molecule has 468 valence electrons. The van der Waals surface area contributed by atoms with Gasteiger partial charge in [-0.2, -0.15) is 0 Å². The highest BCUT2D eigenvalue weighted by molar-refractivity contribution is 5.96. The Morgan fingerprint density at radius 1 is 0.333 bits per heavy atom. The number of hydrogen-bond donors (Lipinski definition) is 6. The van der Waals surface area contributed by atoms with Crippen molar-refractivity contribution in [1.82, 2.24) is 0 Å². The number of aromatic carboxylic acids is 2. The van der Waals surface area contributed by atoms with Gasteiger partial charge in [-0.15, -0.1) is 0 Å². The molecule has 12 heteroatoms. The van der Waals surface area contributed by atoms with E-state index in [1.807, 2.05) is 80.6 Å². The van der Waals surface area contributed by atoms with Gasteiger partial charge in [-0.3, -0.25) is 0 Å². The van der Waals surface area contributed by atoms with Gasteiger partial charge in [0, 0.05) is 34.1 Å². The Labute approximate surface area is 541 Å². The van der Waals surface area contributed by atoms with E-state index >= 15 is 0 Å². The lowest BCUT2D eigenvalue weighted by molar-refractivity contribution is 0.0687. The predicted molar refractivity (Wildman–Crippen MR) is 377 cm³/mol. The van der Waals surface area contributed by atoms with Crippen molar-refractivity contribution in [2.24, 2.45) is 0 Å². The molecule has 0 fully saturated rings. The van der Waals surface area contributed by atoms with Crippen LogP contribution in [0.2, 0.25) is 0 Å². The third-order valence-corrected chi connectivity index (χ3v) is 14.8. The summed E-state index contributed by atoms with van der Waals surface area (Å²) in [5.41, 5.74) is 19.9. The maximum absolute atomic E-state index is 13.1. The summed E-state index contributed by atoms with van der Waals surface area (Å²) >= 11 is 0. The van der Waals surface area contributed by atoms with Crippen molar-refractivity contribution in [2.75, 3.05) is 21.3 Å². The second kappa shape index (κ2) is 33.4. The number of rotatable bonds is 18. The van der Waals surface area contributed by atoms with Crippen LogP contribution in [-0.4, -0.2) is 22.2 Å². The lowest BCUT2D eigenvalue weighted by Crippen LogP contribution is -2.04. The third kappa shape index (κ3) is 21.6. The Kier molecular flexibility index (Phi) is 24.2. The Morgan fingerprint density at radius 2 is 0.613 bits per heavy atom. The largest absolute Gasteiger partial charge is 0.478 e. The molecule has 0 aliphatic heterocycles. The SMILES string of the molecule is C=Cc1ccc(C)c(Nc2ccc(F)cc2)c1.Cc1ccc(/C=C/c2ccc(C(=O)O)c(Nc3ccc(F)cc3)c2)cc1.Cc1ccc(/C=C/c2ccc(C)c(Nc3ccc(F)cc3)c2)cc1.Cc1ccc(CCc2ccc(C(=O)O)c(Nc3ccc(F)cc3)c2)cc1. The summed E-state index contributed by atoms with van der Waals surface area (Å²) in [4.78, 5) is 23.0. The second-order valence-corrected chi connectivity index (χ2v) is 22.1. The highest BCUT2D eigenvalue weighted by Crippen LogP contribution is 2.28. The van der Waals surface area contributed by atoms with Gasteiger partial charge < -0.3 is 31.5 Å². The van der Waals surface area contributed by atoms with E-state index in [0.29, 0.717) is 22.7 Å². The summed E-state index contributed by atoms with van der Waals surface area (Å²) < 4.78 is 51.9. The average molecular weight is 1240 g/mol. The molecule has 0 saturated heterocycles. The lowest BCUT2D eigenvalue weighted by atomic mass is 10.0. The molecular weight excluding hydrogens is 1170 g/mol. The van der Waals surface area contributed by atoms with Crippen LogP contribution in [0.3, 0.4) is 0 Å². The van der Waals surface area contributed by atoms with E-state index in [2.05, 4.69) is 127 Å². The summed E-state index contributed by atoms with van der Waals surface area (Å²) in [6, 6.07) is 72.0. The summed E-state index contributed by atoms with van der Waals surface area (Å²) in [6.45, 7) is 14.0. The molecule has 93 heavy (non-hydrogen) atoms. The van der Waals surface area contributed by atoms with E-state index in [4.69, 9.17) is 0 Å². The molecule has 0 aromatic heterocycles. The van der Waals surface area contributed by atoms with Gasteiger partial charge in [-0.1, -0.05) is 163 Å². The second-order valence-electron chi connectivity index (χ2n) is 22.1. The third-order valence-electron chi connectivity index (χ3n) is 14.8. The van der Waals surface area contributed by atoms with Gasteiger partial charge in [0.2, 0.25) is 0 Å². The molecule has 11 rings (SSSR count). The first kappa shape index (κ1) is 67.4. The molecule has 0 atom stereocenters.